The number of carbonyl (C=O) groups is 1. The van der Waals surface area contributed by atoms with Gasteiger partial charge < -0.3 is 15.1 Å². The third kappa shape index (κ3) is 6.01. The van der Waals surface area contributed by atoms with E-state index in [2.05, 4.69) is 34.3 Å². The van der Waals surface area contributed by atoms with Gasteiger partial charge in [0.05, 0.1) is 5.02 Å². The van der Waals surface area contributed by atoms with Crippen molar-refractivity contribution >= 4 is 33.2 Å². The second kappa shape index (κ2) is 10.7. The van der Waals surface area contributed by atoms with Crippen molar-refractivity contribution < 1.29 is 13.2 Å². The van der Waals surface area contributed by atoms with Gasteiger partial charge in [0, 0.05) is 58.4 Å². The average molecular weight is 479 g/mol. The third-order valence-corrected chi connectivity index (χ3v) is 8.31. The van der Waals surface area contributed by atoms with Crippen molar-refractivity contribution in [3.05, 3.63) is 58.6 Å². The Hall–Kier alpha value is -2.13. The molecule has 32 heavy (non-hydrogen) atoms. The molecule has 174 valence electrons. The molecule has 1 heterocycles. The minimum atomic E-state index is -3.76. The maximum atomic E-state index is 12.8. The molecule has 0 bridgehead atoms. The molecule has 0 saturated carbocycles. The summed E-state index contributed by atoms with van der Waals surface area (Å²) in [7, 11) is -0.171. The van der Waals surface area contributed by atoms with Crippen LogP contribution in [0.2, 0.25) is 5.02 Å². The second-order valence-corrected chi connectivity index (χ2v) is 10.6. The SMILES string of the molecule is Cc1cccc(S(=O)(=O)N(C)CCC(=O)NCc2ccc(N3CCN(C)CC3)cc2)c1Cl. The lowest BCUT2D eigenvalue weighted by atomic mass is 10.1. The fourth-order valence-corrected chi connectivity index (χ4v) is 5.27. The van der Waals surface area contributed by atoms with E-state index in [0.717, 1.165) is 36.0 Å². The van der Waals surface area contributed by atoms with Crippen molar-refractivity contribution in [3.8, 4) is 0 Å². The average Bonchev–Trinajstić information content (AvgIpc) is 2.78. The Morgan fingerprint density at radius 3 is 2.41 bits per heavy atom. The topological polar surface area (TPSA) is 73.0 Å². The van der Waals surface area contributed by atoms with Crippen molar-refractivity contribution in [1.82, 2.24) is 14.5 Å². The summed E-state index contributed by atoms with van der Waals surface area (Å²) in [4.78, 5) is 17.0. The summed E-state index contributed by atoms with van der Waals surface area (Å²) in [5.74, 6) is -0.203. The van der Waals surface area contributed by atoms with Crippen LogP contribution in [-0.4, -0.2) is 70.3 Å². The quantitative estimate of drug-likeness (QED) is 0.631. The maximum Gasteiger partial charge on any atom is 0.244 e. The summed E-state index contributed by atoms with van der Waals surface area (Å²) in [5, 5.41) is 3.08. The highest BCUT2D eigenvalue weighted by Gasteiger charge is 2.24. The Bertz CT molecular complexity index is 1040. The zero-order valence-corrected chi connectivity index (χ0v) is 20.4. The number of sulfonamides is 1. The standard InChI is InChI=1S/C23H31ClN4O3S/c1-18-5-4-6-21(23(18)24)32(30,31)27(3)12-11-22(29)25-17-19-7-9-20(10-8-19)28-15-13-26(2)14-16-28/h4-10H,11-17H2,1-3H3,(H,25,29). The molecule has 0 atom stereocenters. The molecule has 0 aliphatic carbocycles. The molecule has 0 spiro atoms. The lowest BCUT2D eigenvalue weighted by Gasteiger charge is -2.34. The number of benzene rings is 2. The van der Waals surface area contributed by atoms with Crippen molar-refractivity contribution in [1.29, 1.82) is 0 Å². The molecule has 2 aromatic rings. The van der Waals surface area contributed by atoms with Gasteiger partial charge in [-0.05, 0) is 43.3 Å². The van der Waals surface area contributed by atoms with Gasteiger partial charge in [0.15, 0.2) is 0 Å². The third-order valence-electron chi connectivity index (χ3n) is 5.79. The molecule has 1 N–H and O–H groups in total. The molecule has 0 unspecified atom stereocenters. The van der Waals surface area contributed by atoms with Gasteiger partial charge in [-0.3, -0.25) is 4.79 Å². The largest absolute Gasteiger partial charge is 0.369 e. The summed E-state index contributed by atoms with van der Waals surface area (Å²) >= 11 is 6.18. The van der Waals surface area contributed by atoms with Gasteiger partial charge in [0.2, 0.25) is 15.9 Å². The highest BCUT2D eigenvalue weighted by molar-refractivity contribution is 7.89. The van der Waals surface area contributed by atoms with Crippen molar-refractivity contribution in [2.45, 2.75) is 24.8 Å². The molecule has 0 aromatic heterocycles. The van der Waals surface area contributed by atoms with Gasteiger partial charge in [-0.2, -0.15) is 0 Å². The predicted octanol–water partition coefficient (Wildman–Crippen LogP) is 2.73. The van der Waals surface area contributed by atoms with E-state index < -0.39 is 10.0 Å². The predicted molar refractivity (Wildman–Crippen MR) is 129 cm³/mol. The van der Waals surface area contributed by atoms with E-state index in [1.165, 1.54) is 18.8 Å². The molecule has 1 saturated heterocycles. The Balaban J connectivity index is 1.48. The molecule has 7 nitrogen and oxygen atoms in total. The molecule has 1 fully saturated rings. The monoisotopic (exact) mass is 478 g/mol. The number of nitrogens with zero attached hydrogens (tertiary/aromatic N) is 3. The van der Waals surface area contributed by atoms with Gasteiger partial charge in [0.1, 0.15) is 4.90 Å². The van der Waals surface area contributed by atoms with E-state index in [0.29, 0.717) is 12.1 Å². The number of aryl methyl sites for hydroxylation is 1. The van der Waals surface area contributed by atoms with E-state index in [4.69, 9.17) is 11.6 Å². The molecule has 1 amide bonds. The zero-order chi connectivity index (χ0) is 23.3. The first-order valence-electron chi connectivity index (χ1n) is 10.7. The Morgan fingerprint density at radius 1 is 1.09 bits per heavy atom. The molecular weight excluding hydrogens is 448 g/mol. The van der Waals surface area contributed by atoms with Gasteiger partial charge in [-0.25, -0.2) is 12.7 Å². The number of hydrogen-bond acceptors (Lipinski definition) is 5. The zero-order valence-electron chi connectivity index (χ0n) is 18.8. The molecule has 1 aliphatic rings. The van der Waals surface area contributed by atoms with Crippen LogP contribution in [0.4, 0.5) is 5.69 Å². The van der Waals surface area contributed by atoms with Crippen LogP contribution >= 0.6 is 11.6 Å². The van der Waals surface area contributed by atoms with E-state index in [1.54, 1.807) is 19.1 Å². The summed E-state index contributed by atoms with van der Waals surface area (Å²) in [6.07, 6.45) is 0.0680. The van der Waals surface area contributed by atoms with Crippen LogP contribution in [0.5, 0.6) is 0 Å². The lowest BCUT2D eigenvalue weighted by molar-refractivity contribution is -0.121. The summed E-state index contributed by atoms with van der Waals surface area (Å²) in [6, 6.07) is 13.1. The molecule has 0 radical (unpaired) electrons. The van der Waals surface area contributed by atoms with E-state index in [9.17, 15) is 13.2 Å². The Labute approximate surface area is 196 Å². The second-order valence-electron chi connectivity index (χ2n) is 8.20. The van der Waals surface area contributed by atoms with Crippen LogP contribution in [0.15, 0.2) is 47.4 Å². The lowest BCUT2D eigenvalue weighted by Crippen LogP contribution is -2.44. The number of piperazine rings is 1. The summed E-state index contributed by atoms with van der Waals surface area (Å²) < 4.78 is 26.7. The van der Waals surface area contributed by atoms with Gasteiger partial charge in [0.25, 0.3) is 0 Å². The van der Waals surface area contributed by atoms with Crippen molar-refractivity contribution in [2.24, 2.45) is 0 Å². The fourth-order valence-electron chi connectivity index (χ4n) is 3.55. The Morgan fingerprint density at radius 2 is 1.75 bits per heavy atom. The number of carbonyl (C=O) groups excluding carboxylic acids is 1. The first-order chi connectivity index (χ1) is 15.2. The number of rotatable bonds is 8. The molecule has 3 rings (SSSR count). The number of hydrogen-bond donors (Lipinski definition) is 1. The number of anilines is 1. The number of nitrogens with one attached hydrogen (secondary N) is 1. The highest BCUT2D eigenvalue weighted by Crippen LogP contribution is 2.27. The summed E-state index contributed by atoms with van der Waals surface area (Å²) in [5.41, 5.74) is 2.89. The van der Waals surface area contributed by atoms with Gasteiger partial charge in [-0.15, -0.1) is 0 Å². The van der Waals surface area contributed by atoms with Crippen LogP contribution in [0.1, 0.15) is 17.5 Å². The smallest absolute Gasteiger partial charge is 0.244 e. The first kappa shape index (κ1) is 24.5. The summed E-state index contributed by atoms with van der Waals surface area (Å²) in [6.45, 7) is 6.36. The van der Waals surface area contributed by atoms with Crippen LogP contribution in [0.3, 0.4) is 0 Å². The first-order valence-corrected chi connectivity index (χ1v) is 12.5. The van der Waals surface area contributed by atoms with Crippen LogP contribution < -0.4 is 10.2 Å². The van der Waals surface area contributed by atoms with E-state index in [-0.39, 0.29) is 28.8 Å². The molecule has 9 heteroatoms. The number of halogens is 1. The molecule has 1 aliphatic heterocycles. The Kier molecular flexibility index (Phi) is 8.16. The fraction of sp³-hybridized carbons (Fsp3) is 0.435. The number of amides is 1. The van der Waals surface area contributed by atoms with E-state index in [1.807, 2.05) is 12.1 Å². The van der Waals surface area contributed by atoms with Gasteiger partial charge in [-0.1, -0.05) is 35.9 Å². The van der Waals surface area contributed by atoms with Crippen LogP contribution in [0, 0.1) is 6.92 Å². The normalized spacial score (nSPS) is 15.2. The van der Waals surface area contributed by atoms with Crippen LogP contribution in [0.25, 0.3) is 0 Å². The minimum absolute atomic E-state index is 0.0579. The van der Waals surface area contributed by atoms with Gasteiger partial charge >= 0.3 is 0 Å². The highest BCUT2D eigenvalue weighted by atomic mass is 35.5. The van der Waals surface area contributed by atoms with Crippen molar-refractivity contribution in [2.75, 3.05) is 51.7 Å². The molecule has 2 aromatic carbocycles. The van der Waals surface area contributed by atoms with Crippen molar-refractivity contribution in [3.63, 3.8) is 0 Å². The van der Waals surface area contributed by atoms with Crippen LogP contribution in [-0.2, 0) is 21.4 Å². The molecular formula is C23H31ClN4O3S. The minimum Gasteiger partial charge on any atom is -0.369 e. The van der Waals surface area contributed by atoms with E-state index >= 15 is 0 Å². The number of likely N-dealkylation sites (N-methyl/N-ethyl adjacent to an activating group) is 1. The maximum absolute atomic E-state index is 12.8.